The molecule has 1 N–H and O–H groups in total. The first-order valence-electron chi connectivity index (χ1n) is 7.97. The van der Waals surface area contributed by atoms with E-state index in [1.807, 2.05) is 30.3 Å². The lowest BCUT2D eigenvalue weighted by atomic mass is 10.1. The van der Waals surface area contributed by atoms with E-state index in [-0.39, 0.29) is 12.5 Å². The summed E-state index contributed by atoms with van der Waals surface area (Å²) in [5.41, 5.74) is 0.983. The molecule has 0 aliphatic carbocycles. The second kappa shape index (κ2) is 8.54. The predicted octanol–water partition coefficient (Wildman–Crippen LogP) is 5.17. The first-order valence-corrected chi connectivity index (χ1v) is 9.55. The van der Waals surface area contributed by atoms with Gasteiger partial charge in [0.05, 0.1) is 17.1 Å². The average molecular weight is 493 g/mol. The molecule has 0 bridgehead atoms. The molecule has 0 aliphatic rings. The molecule has 0 saturated carbocycles. The van der Waals surface area contributed by atoms with E-state index >= 15 is 0 Å². The van der Waals surface area contributed by atoms with Gasteiger partial charge >= 0.3 is 5.97 Å². The second-order valence-electron chi connectivity index (χ2n) is 5.65. The average Bonchev–Trinajstić information content (AvgIpc) is 2.67. The molecule has 0 unspecified atom stereocenters. The highest BCUT2D eigenvalue weighted by molar-refractivity contribution is 9.11. The number of rotatable bonds is 5. The van der Waals surface area contributed by atoms with Gasteiger partial charge in [0.2, 0.25) is 0 Å². The van der Waals surface area contributed by atoms with Crippen LogP contribution in [0.25, 0.3) is 10.8 Å². The Balaban J connectivity index is 1.64. The summed E-state index contributed by atoms with van der Waals surface area (Å²) in [5.74, 6) is -0.144. The van der Waals surface area contributed by atoms with Crippen molar-refractivity contribution in [2.24, 2.45) is 0 Å². The lowest BCUT2D eigenvalue weighted by Crippen LogP contribution is -2.20. The van der Waals surface area contributed by atoms with Crippen LogP contribution in [0.2, 0.25) is 0 Å². The molecule has 0 radical (unpaired) electrons. The van der Waals surface area contributed by atoms with Crippen LogP contribution in [0.3, 0.4) is 0 Å². The Morgan fingerprint density at radius 1 is 1.00 bits per heavy atom. The van der Waals surface area contributed by atoms with Crippen LogP contribution < -0.4 is 10.1 Å². The number of esters is 1. The summed E-state index contributed by atoms with van der Waals surface area (Å²) in [6.45, 7) is -0.139. The summed E-state index contributed by atoms with van der Waals surface area (Å²) in [6, 6.07) is 16.1. The SMILES string of the molecule is COC(=O)c1ccc(NC(=O)COc2ccc3cc(Br)ccc3c2Br)cc1. The van der Waals surface area contributed by atoms with E-state index in [1.54, 1.807) is 24.3 Å². The molecular weight excluding hydrogens is 478 g/mol. The molecule has 0 spiro atoms. The number of halogens is 2. The summed E-state index contributed by atoms with van der Waals surface area (Å²) in [5, 5.41) is 4.77. The molecule has 138 valence electrons. The number of fused-ring (bicyclic) bond motifs is 1. The number of ether oxygens (including phenoxy) is 2. The Morgan fingerprint density at radius 2 is 1.74 bits per heavy atom. The van der Waals surface area contributed by atoms with Crippen molar-refractivity contribution in [3.05, 3.63) is 69.1 Å². The third-order valence-electron chi connectivity index (χ3n) is 3.83. The number of carbonyl (C=O) groups is 2. The van der Waals surface area contributed by atoms with Crippen LogP contribution in [0.4, 0.5) is 5.69 Å². The minimum absolute atomic E-state index is 0.139. The fraction of sp³-hybridized carbons (Fsp3) is 0.100. The topological polar surface area (TPSA) is 64.6 Å². The van der Waals surface area contributed by atoms with E-state index < -0.39 is 5.97 Å². The van der Waals surface area contributed by atoms with E-state index in [0.29, 0.717) is 17.0 Å². The smallest absolute Gasteiger partial charge is 0.337 e. The standard InChI is InChI=1S/C20H15Br2NO4/c1-26-20(25)12-2-6-15(7-3-12)23-18(24)11-27-17-9-4-13-10-14(21)5-8-16(13)19(17)22/h2-10H,11H2,1H3,(H,23,24). The molecule has 7 heteroatoms. The highest BCUT2D eigenvalue weighted by atomic mass is 79.9. The van der Waals surface area contributed by atoms with Crippen LogP contribution in [-0.4, -0.2) is 25.6 Å². The van der Waals surface area contributed by atoms with Crippen LogP contribution in [0, 0.1) is 0 Å². The Bertz CT molecular complexity index is 1000. The number of carbonyl (C=O) groups excluding carboxylic acids is 2. The molecule has 0 heterocycles. The third kappa shape index (κ3) is 4.67. The summed E-state index contributed by atoms with van der Waals surface area (Å²) < 4.78 is 12.1. The first-order chi connectivity index (χ1) is 13.0. The minimum atomic E-state index is -0.426. The predicted molar refractivity (Wildman–Crippen MR) is 111 cm³/mol. The van der Waals surface area contributed by atoms with Gasteiger partial charge in [-0.15, -0.1) is 0 Å². The number of nitrogens with one attached hydrogen (secondary N) is 1. The van der Waals surface area contributed by atoms with Crippen molar-refractivity contribution in [1.82, 2.24) is 0 Å². The van der Waals surface area contributed by atoms with Crippen molar-refractivity contribution in [3.63, 3.8) is 0 Å². The van der Waals surface area contributed by atoms with E-state index in [4.69, 9.17) is 4.74 Å². The van der Waals surface area contributed by atoms with Gasteiger partial charge in [0.15, 0.2) is 6.61 Å². The van der Waals surface area contributed by atoms with E-state index in [9.17, 15) is 9.59 Å². The maximum atomic E-state index is 12.1. The van der Waals surface area contributed by atoms with Gasteiger partial charge < -0.3 is 14.8 Å². The van der Waals surface area contributed by atoms with Crippen molar-refractivity contribution >= 4 is 60.2 Å². The van der Waals surface area contributed by atoms with Crippen molar-refractivity contribution in [3.8, 4) is 5.75 Å². The first kappa shape index (κ1) is 19.4. The highest BCUT2D eigenvalue weighted by Crippen LogP contribution is 2.34. The van der Waals surface area contributed by atoms with Crippen LogP contribution in [-0.2, 0) is 9.53 Å². The van der Waals surface area contributed by atoms with Crippen LogP contribution in [0.1, 0.15) is 10.4 Å². The molecular formula is C20H15Br2NO4. The summed E-state index contributed by atoms with van der Waals surface area (Å²) in [4.78, 5) is 23.5. The zero-order chi connectivity index (χ0) is 19.4. The van der Waals surface area contributed by atoms with Gasteiger partial charge in [-0.05, 0) is 69.2 Å². The molecule has 3 rings (SSSR count). The van der Waals surface area contributed by atoms with Crippen LogP contribution in [0.5, 0.6) is 5.75 Å². The van der Waals surface area contributed by atoms with Gasteiger partial charge in [-0.1, -0.05) is 28.1 Å². The van der Waals surface area contributed by atoms with E-state index in [1.165, 1.54) is 7.11 Å². The molecule has 0 saturated heterocycles. The Kier molecular flexibility index (Phi) is 6.13. The normalized spacial score (nSPS) is 10.5. The fourth-order valence-corrected chi connectivity index (χ4v) is 3.49. The van der Waals surface area contributed by atoms with E-state index in [2.05, 4.69) is 41.9 Å². The van der Waals surface area contributed by atoms with Crippen LogP contribution in [0.15, 0.2) is 63.5 Å². The molecule has 3 aromatic carbocycles. The number of hydrogen-bond donors (Lipinski definition) is 1. The largest absolute Gasteiger partial charge is 0.483 e. The molecule has 1 amide bonds. The van der Waals surface area contributed by atoms with E-state index in [0.717, 1.165) is 19.7 Å². The van der Waals surface area contributed by atoms with Gasteiger partial charge in [0.25, 0.3) is 5.91 Å². The summed E-state index contributed by atoms with van der Waals surface area (Å²) in [6.07, 6.45) is 0. The Labute approximate surface area is 172 Å². The quantitative estimate of drug-likeness (QED) is 0.499. The zero-order valence-corrected chi connectivity index (χ0v) is 17.5. The Morgan fingerprint density at radius 3 is 2.44 bits per heavy atom. The van der Waals surface area contributed by atoms with Gasteiger partial charge in [0, 0.05) is 10.2 Å². The monoisotopic (exact) mass is 491 g/mol. The molecule has 3 aromatic rings. The molecule has 5 nitrogen and oxygen atoms in total. The Hall–Kier alpha value is -2.38. The fourth-order valence-electron chi connectivity index (χ4n) is 2.50. The maximum Gasteiger partial charge on any atom is 0.337 e. The zero-order valence-electron chi connectivity index (χ0n) is 14.3. The number of methoxy groups -OCH3 is 1. The van der Waals surface area contributed by atoms with Gasteiger partial charge in [-0.3, -0.25) is 4.79 Å². The van der Waals surface area contributed by atoms with Crippen LogP contribution >= 0.6 is 31.9 Å². The van der Waals surface area contributed by atoms with Gasteiger partial charge in [0.1, 0.15) is 5.75 Å². The number of amides is 1. The lowest BCUT2D eigenvalue weighted by molar-refractivity contribution is -0.118. The highest BCUT2D eigenvalue weighted by Gasteiger charge is 2.10. The molecule has 0 fully saturated rings. The number of hydrogen-bond acceptors (Lipinski definition) is 4. The minimum Gasteiger partial charge on any atom is -0.483 e. The second-order valence-corrected chi connectivity index (χ2v) is 7.36. The molecule has 0 atom stereocenters. The third-order valence-corrected chi connectivity index (χ3v) is 5.14. The van der Waals surface area contributed by atoms with Gasteiger partial charge in [-0.25, -0.2) is 4.79 Å². The lowest BCUT2D eigenvalue weighted by Gasteiger charge is -2.11. The van der Waals surface area contributed by atoms with Crippen molar-refractivity contribution in [2.45, 2.75) is 0 Å². The molecule has 0 aliphatic heterocycles. The summed E-state index contributed by atoms with van der Waals surface area (Å²) in [7, 11) is 1.32. The summed E-state index contributed by atoms with van der Waals surface area (Å²) >= 11 is 6.98. The number of anilines is 1. The van der Waals surface area contributed by atoms with Gasteiger partial charge in [-0.2, -0.15) is 0 Å². The maximum absolute atomic E-state index is 12.1. The van der Waals surface area contributed by atoms with Crippen molar-refractivity contribution in [1.29, 1.82) is 0 Å². The molecule has 27 heavy (non-hydrogen) atoms. The van der Waals surface area contributed by atoms with Crippen molar-refractivity contribution in [2.75, 3.05) is 19.0 Å². The van der Waals surface area contributed by atoms with Crippen molar-refractivity contribution < 1.29 is 19.1 Å². The number of benzene rings is 3. The molecule has 0 aromatic heterocycles.